The maximum Gasteiger partial charge on any atom is 0.492 e. The van der Waals surface area contributed by atoms with E-state index in [4.69, 9.17) is 4.65 Å². The summed E-state index contributed by atoms with van der Waals surface area (Å²) in [5.74, 6) is 0. The van der Waals surface area contributed by atoms with E-state index in [1.807, 2.05) is 32.0 Å². The number of rotatable bonds is 0. The SMILES string of the molecule is CC1(C)OB(O)c2cc([NH3+])ccc21. The standard InChI is InChI=1S/C9H12BNO2/c1-9(2)7-4-3-6(11)5-8(7)10(12)13-9/h3-5,12H,11H2,1-2H3/p+1. The van der Waals surface area contributed by atoms with E-state index in [1.54, 1.807) is 0 Å². The first-order valence-corrected chi connectivity index (χ1v) is 4.33. The average molecular weight is 178 g/mol. The fraction of sp³-hybridized carbons (Fsp3) is 0.333. The molecule has 4 heteroatoms. The molecule has 1 aromatic carbocycles. The second-order valence-electron chi connectivity index (χ2n) is 3.90. The van der Waals surface area contributed by atoms with Gasteiger partial charge in [-0.15, -0.1) is 0 Å². The van der Waals surface area contributed by atoms with Crippen molar-refractivity contribution in [1.29, 1.82) is 0 Å². The van der Waals surface area contributed by atoms with Crippen molar-refractivity contribution in [2.75, 3.05) is 0 Å². The first-order valence-electron chi connectivity index (χ1n) is 4.33. The molecule has 4 N–H and O–H groups in total. The second-order valence-corrected chi connectivity index (χ2v) is 3.90. The molecule has 1 aliphatic rings. The van der Waals surface area contributed by atoms with E-state index in [2.05, 4.69) is 5.73 Å². The molecule has 0 atom stereocenters. The molecular weight excluding hydrogens is 165 g/mol. The molecule has 0 radical (unpaired) electrons. The monoisotopic (exact) mass is 178 g/mol. The lowest BCUT2D eigenvalue weighted by Crippen LogP contribution is -2.42. The van der Waals surface area contributed by atoms with Gasteiger partial charge < -0.3 is 15.4 Å². The van der Waals surface area contributed by atoms with Crippen LogP contribution in [0, 0.1) is 0 Å². The maximum atomic E-state index is 9.59. The van der Waals surface area contributed by atoms with Crippen molar-refractivity contribution in [2.24, 2.45) is 0 Å². The Bertz CT molecular complexity index is 351. The largest absolute Gasteiger partial charge is 0.492 e. The highest BCUT2D eigenvalue weighted by atomic mass is 16.5. The molecule has 1 aromatic rings. The molecule has 1 aliphatic heterocycles. The molecule has 0 aliphatic carbocycles. The number of quaternary nitrogens is 1. The molecule has 13 heavy (non-hydrogen) atoms. The van der Waals surface area contributed by atoms with E-state index < -0.39 is 7.12 Å². The van der Waals surface area contributed by atoms with Crippen LogP contribution in [0.2, 0.25) is 0 Å². The summed E-state index contributed by atoms with van der Waals surface area (Å²) < 4.78 is 5.40. The van der Waals surface area contributed by atoms with E-state index in [-0.39, 0.29) is 5.60 Å². The Morgan fingerprint density at radius 3 is 2.85 bits per heavy atom. The van der Waals surface area contributed by atoms with E-state index in [1.165, 1.54) is 0 Å². The van der Waals surface area contributed by atoms with Crippen LogP contribution in [-0.4, -0.2) is 12.1 Å². The Morgan fingerprint density at radius 2 is 2.15 bits per heavy atom. The number of benzene rings is 1. The Balaban J connectivity index is 2.59. The minimum Gasteiger partial charge on any atom is -0.423 e. The molecule has 0 bridgehead atoms. The first kappa shape index (κ1) is 8.75. The maximum absolute atomic E-state index is 9.59. The minimum absolute atomic E-state index is 0.386. The van der Waals surface area contributed by atoms with Crippen LogP contribution in [-0.2, 0) is 10.3 Å². The Labute approximate surface area is 77.7 Å². The van der Waals surface area contributed by atoms with Crippen LogP contribution >= 0.6 is 0 Å². The summed E-state index contributed by atoms with van der Waals surface area (Å²) >= 11 is 0. The van der Waals surface area contributed by atoms with Crippen LogP contribution in [0.15, 0.2) is 18.2 Å². The number of hydrogen-bond acceptors (Lipinski definition) is 2. The van der Waals surface area contributed by atoms with E-state index >= 15 is 0 Å². The molecule has 68 valence electrons. The van der Waals surface area contributed by atoms with Gasteiger partial charge in [-0.05, 0) is 37.0 Å². The zero-order valence-corrected chi connectivity index (χ0v) is 7.87. The van der Waals surface area contributed by atoms with Gasteiger partial charge in [0.2, 0.25) is 0 Å². The third kappa shape index (κ3) is 1.27. The van der Waals surface area contributed by atoms with Crippen molar-refractivity contribution < 1.29 is 15.4 Å². The van der Waals surface area contributed by atoms with Crippen LogP contribution < -0.4 is 11.2 Å². The van der Waals surface area contributed by atoms with Crippen LogP contribution in [0.3, 0.4) is 0 Å². The second kappa shape index (κ2) is 2.58. The zero-order chi connectivity index (χ0) is 9.64. The third-order valence-electron chi connectivity index (χ3n) is 2.44. The summed E-state index contributed by atoms with van der Waals surface area (Å²) in [7, 11) is -0.799. The van der Waals surface area contributed by atoms with Crippen molar-refractivity contribution in [3.63, 3.8) is 0 Å². The fourth-order valence-corrected chi connectivity index (χ4v) is 1.77. The van der Waals surface area contributed by atoms with Gasteiger partial charge in [-0.3, -0.25) is 0 Å². The smallest absolute Gasteiger partial charge is 0.423 e. The Hall–Kier alpha value is -0.835. The van der Waals surface area contributed by atoms with Gasteiger partial charge in [-0.2, -0.15) is 0 Å². The van der Waals surface area contributed by atoms with E-state index in [0.717, 1.165) is 16.7 Å². The van der Waals surface area contributed by atoms with E-state index in [9.17, 15) is 5.02 Å². The summed E-state index contributed by atoms with van der Waals surface area (Å²) in [5, 5.41) is 9.59. The van der Waals surface area contributed by atoms with Crippen LogP contribution in [0.1, 0.15) is 19.4 Å². The lowest BCUT2D eigenvalue weighted by Gasteiger charge is -2.19. The molecule has 2 rings (SSSR count). The lowest BCUT2D eigenvalue weighted by molar-refractivity contribution is -0.254. The minimum atomic E-state index is -0.799. The average Bonchev–Trinajstić information content (AvgIpc) is 2.22. The highest BCUT2D eigenvalue weighted by molar-refractivity contribution is 6.62. The van der Waals surface area contributed by atoms with Gasteiger partial charge in [0.15, 0.2) is 0 Å². The normalized spacial score (nSPS) is 18.9. The number of hydrogen-bond donors (Lipinski definition) is 2. The first-order chi connectivity index (χ1) is 6.00. The van der Waals surface area contributed by atoms with Gasteiger partial charge in [0.1, 0.15) is 5.69 Å². The molecule has 1 heterocycles. The van der Waals surface area contributed by atoms with Crippen LogP contribution in [0.4, 0.5) is 5.69 Å². The van der Waals surface area contributed by atoms with Gasteiger partial charge in [-0.1, -0.05) is 6.07 Å². The van der Waals surface area contributed by atoms with Crippen LogP contribution in [0.25, 0.3) is 0 Å². The van der Waals surface area contributed by atoms with Gasteiger partial charge in [0, 0.05) is 0 Å². The van der Waals surface area contributed by atoms with Crippen molar-refractivity contribution in [1.82, 2.24) is 0 Å². The Kier molecular flexibility index (Phi) is 1.73. The molecule has 0 spiro atoms. The van der Waals surface area contributed by atoms with E-state index in [0.29, 0.717) is 0 Å². The van der Waals surface area contributed by atoms with Gasteiger partial charge in [0.25, 0.3) is 0 Å². The molecule has 0 aromatic heterocycles. The summed E-state index contributed by atoms with van der Waals surface area (Å²) in [6, 6.07) is 5.77. The molecule has 0 saturated heterocycles. The van der Waals surface area contributed by atoms with Crippen molar-refractivity contribution >= 4 is 18.3 Å². The molecule has 0 amide bonds. The van der Waals surface area contributed by atoms with Crippen molar-refractivity contribution in [3.05, 3.63) is 23.8 Å². The lowest BCUT2D eigenvalue weighted by atomic mass is 9.78. The highest BCUT2D eigenvalue weighted by Gasteiger charge is 2.40. The molecule has 0 saturated carbocycles. The summed E-state index contributed by atoms with van der Waals surface area (Å²) in [5.41, 5.74) is 6.22. The number of fused-ring (bicyclic) bond motifs is 1. The van der Waals surface area contributed by atoms with Gasteiger partial charge in [-0.25, -0.2) is 0 Å². The topological polar surface area (TPSA) is 57.1 Å². The summed E-state index contributed by atoms with van der Waals surface area (Å²) in [4.78, 5) is 0. The molecule has 0 unspecified atom stereocenters. The van der Waals surface area contributed by atoms with Crippen molar-refractivity contribution in [3.8, 4) is 0 Å². The Morgan fingerprint density at radius 1 is 1.46 bits per heavy atom. The quantitative estimate of drug-likeness (QED) is 0.527. The van der Waals surface area contributed by atoms with Crippen LogP contribution in [0.5, 0.6) is 0 Å². The third-order valence-corrected chi connectivity index (χ3v) is 2.44. The zero-order valence-electron chi connectivity index (χ0n) is 7.87. The molecular formula is C9H13BNO2+. The highest BCUT2D eigenvalue weighted by Crippen LogP contribution is 2.29. The fourth-order valence-electron chi connectivity index (χ4n) is 1.77. The van der Waals surface area contributed by atoms with Crippen molar-refractivity contribution in [2.45, 2.75) is 19.4 Å². The predicted molar refractivity (Wildman–Crippen MR) is 50.7 cm³/mol. The summed E-state index contributed by atoms with van der Waals surface area (Å²) in [6.07, 6.45) is 0. The molecule has 3 nitrogen and oxygen atoms in total. The summed E-state index contributed by atoms with van der Waals surface area (Å²) in [6.45, 7) is 3.90. The molecule has 0 fully saturated rings. The van der Waals surface area contributed by atoms with Gasteiger partial charge >= 0.3 is 7.12 Å². The van der Waals surface area contributed by atoms with Gasteiger partial charge in [0.05, 0.1) is 5.60 Å². The predicted octanol–water partition coefficient (Wildman–Crippen LogP) is -0.487.